The third-order valence-corrected chi connectivity index (χ3v) is 4.86. The number of rotatable bonds is 10. The van der Waals surface area contributed by atoms with Gasteiger partial charge in [0, 0.05) is 0 Å². The predicted molar refractivity (Wildman–Crippen MR) is 114 cm³/mol. The number of carbonyl (C=O) groups excluding carboxylic acids is 1. The molecule has 0 saturated carbocycles. The van der Waals surface area contributed by atoms with Crippen LogP contribution in [0.1, 0.15) is 31.7 Å². The number of carbonyl (C=O) groups is 1. The van der Waals surface area contributed by atoms with Gasteiger partial charge in [-0.15, -0.1) is 0 Å². The molecule has 0 aliphatic heterocycles. The second-order valence-corrected chi connectivity index (χ2v) is 7.23. The fraction of sp³-hybridized carbons (Fsp3) is 0.286. The maximum absolute atomic E-state index is 12.0. The number of benzene rings is 2. The molecular weight excluding hydrogens is 372 g/mol. The van der Waals surface area contributed by atoms with Gasteiger partial charge in [-0.1, -0.05) is 55.8 Å². The average molecular weight is 397 g/mol. The zero-order valence-corrected chi connectivity index (χ0v) is 16.7. The molecule has 146 valence electrons. The lowest BCUT2D eigenvalue weighted by molar-refractivity contribution is -0.118. The molecule has 1 aromatic heterocycles. The number of hydrogen-bond acceptors (Lipinski definition) is 5. The molecule has 0 atom stereocenters. The van der Waals surface area contributed by atoms with Crippen molar-refractivity contribution in [1.29, 1.82) is 0 Å². The standard InChI is InChI=1S/C21H24N4O2S/c1-2-3-6-12-27-17-9-7-8-16(13-17)14-22-25-20(26)15-28-21-23-18-10-4-5-11-19(18)24-21/h4-5,7-11,13-14H,2-3,6,12,15H2,1H3,(H,23,24)(H,25,26)/b22-14+. The van der Waals surface area contributed by atoms with Gasteiger partial charge in [-0.25, -0.2) is 10.4 Å². The summed E-state index contributed by atoms with van der Waals surface area (Å²) in [6.45, 7) is 2.88. The number of aromatic amines is 1. The Morgan fingerprint density at radius 1 is 1.25 bits per heavy atom. The molecule has 3 aromatic rings. The third kappa shape index (κ3) is 6.13. The van der Waals surface area contributed by atoms with Crippen molar-refractivity contribution in [3.8, 4) is 5.75 Å². The lowest BCUT2D eigenvalue weighted by Crippen LogP contribution is -2.19. The van der Waals surface area contributed by atoms with E-state index in [-0.39, 0.29) is 11.7 Å². The number of hydrazone groups is 1. The average Bonchev–Trinajstić information content (AvgIpc) is 3.13. The molecule has 3 rings (SSSR count). The van der Waals surface area contributed by atoms with Crippen LogP contribution in [0.25, 0.3) is 11.0 Å². The monoisotopic (exact) mass is 396 g/mol. The van der Waals surface area contributed by atoms with Crippen LogP contribution < -0.4 is 10.2 Å². The first-order valence-corrected chi connectivity index (χ1v) is 10.4. The van der Waals surface area contributed by atoms with Crippen molar-refractivity contribution in [2.75, 3.05) is 12.4 Å². The summed E-state index contributed by atoms with van der Waals surface area (Å²) >= 11 is 1.34. The van der Waals surface area contributed by atoms with E-state index in [9.17, 15) is 4.79 Å². The summed E-state index contributed by atoms with van der Waals surface area (Å²) < 4.78 is 5.73. The minimum atomic E-state index is -0.186. The molecule has 0 aliphatic carbocycles. The van der Waals surface area contributed by atoms with Crippen molar-refractivity contribution in [2.24, 2.45) is 5.10 Å². The van der Waals surface area contributed by atoms with E-state index >= 15 is 0 Å². The minimum absolute atomic E-state index is 0.186. The largest absolute Gasteiger partial charge is 0.494 e. The summed E-state index contributed by atoms with van der Waals surface area (Å²) in [7, 11) is 0. The summed E-state index contributed by atoms with van der Waals surface area (Å²) in [5.41, 5.74) is 5.26. The molecule has 0 radical (unpaired) electrons. The molecule has 7 heteroatoms. The molecular formula is C21H24N4O2S. The number of ether oxygens (including phenoxy) is 1. The summed E-state index contributed by atoms with van der Waals surface area (Å²) in [5, 5.41) is 4.74. The van der Waals surface area contributed by atoms with Gasteiger partial charge < -0.3 is 9.72 Å². The van der Waals surface area contributed by atoms with Gasteiger partial charge in [0.1, 0.15) is 5.75 Å². The van der Waals surface area contributed by atoms with E-state index in [1.807, 2.05) is 48.5 Å². The number of H-pyrrole nitrogens is 1. The van der Waals surface area contributed by atoms with Crippen molar-refractivity contribution >= 4 is 34.9 Å². The van der Waals surface area contributed by atoms with Gasteiger partial charge in [0.15, 0.2) is 5.16 Å². The van der Waals surface area contributed by atoms with Crippen LogP contribution in [-0.4, -0.2) is 34.4 Å². The molecule has 6 nitrogen and oxygen atoms in total. The lowest BCUT2D eigenvalue weighted by Gasteiger charge is -2.06. The molecule has 1 amide bonds. The van der Waals surface area contributed by atoms with Crippen LogP contribution in [0, 0.1) is 0 Å². The van der Waals surface area contributed by atoms with Gasteiger partial charge in [-0.05, 0) is 36.2 Å². The summed E-state index contributed by atoms with van der Waals surface area (Å²) in [5.74, 6) is 0.859. The normalized spacial score (nSPS) is 11.2. The predicted octanol–water partition coefficient (Wildman–Crippen LogP) is 4.37. The Morgan fingerprint density at radius 3 is 3.00 bits per heavy atom. The highest BCUT2D eigenvalue weighted by molar-refractivity contribution is 7.99. The SMILES string of the molecule is CCCCCOc1cccc(/C=N/NC(=O)CSc2nc3ccccc3[nH]2)c1. The Hall–Kier alpha value is -2.80. The molecule has 1 heterocycles. The summed E-state index contributed by atoms with van der Waals surface area (Å²) in [4.78, 5) is 19.6. The van der Waals surface area contributed by atoms with E-state index < -0.39 is 0 Å². The first-order chi connectivity index (χ1) is 13.7. The van der Waals surface area contributed by atoms with E-state index in [1.165, 1.54) is 24.6 Å². The van der Waals surface area contributed by atoms with Crippen LogP contribution >= 0.6 is 11.8 Å². The van der Waals surface area contributed by atoms with Gasteiger partial charge in [-0.3, -0.25) is 4.79 Å². The Morgan fingerprint density at radius 2 is 2.14 bits per heavy atom. The first-order valence-electron chi connectivity index (χ1n) is 9.37. The van der Waals surface area contributed by atoms with Gasteiger partial charge in [0.2, 0.25) is 0 Å². The van der Waals surface area contributed by atoms with Crippen LogP contribution in [-0.2, 0) is 4.79 Å². The molecule has 28 heavy (non-hydrogen) atoms. The molecule has 0 spiro atoms. The zero-order valence-electron chi connectivity index (χ0n) is 15.9. The highest BCUT2D eigenvalue weighted by Crippen LogP contribution is 2.18. The Labute approximate surface area is 168 Å². The highest BCUT2D eigenvalue weighted by atomic mass is 32.2. The van der Waals surface area contributed by atoms with Crippen molar-refractivity contribution in [3.63, 3.8) is 0 Å². The molecule has 0 bridgehead atoms. The maximum Gasteiger partial charge on any atom is 0.250 e. The quantitative estimate of drug-likeness (QED) is 0.231. The number of amides is 1. The van der Waals surface area contributed by atoms with E-state index in [2.05, 4.69) is 27.4 Å². The van der Waals surface area contributed by atoms with Crippen LogP contribution in [0.4, 0.5) is 0 Å². The van der Waals surface area contributed by atoms with Crippen LogP contribution in [0.15, 0.2) is 58.8 Å². The van der Waals surface area contributed by atoms with Crippen molar-refractivity contribution in [3.05, 3.63) is 54.1 Å². The fourth-order valence-electron chi connectivity index (χ4n) is 2.57. The number of nitrogens with zero attached hydrogens (tertiary/aromatic N) is 2. The van der Waals surface area contributed by atoms with E-state index in [4.69, 9.17) is 4.74 Å². The highest BCUT2D eigenvalue weighted by Gasteiger charge is 2.06. The van der Waals surface area contributed by atoms with Crippen molar-refractivity contribution in [1.82, 2.24) is 15.4 Å². The number of imidazole rings is 1. The van der Waals surface area contributed by atoms with Gasteiger partial charge in [0.25, 0.3) is 5.91 Å². The van der Waals surface area contributed by atoms with Gasteiger partial charge in [-0.2, -0.15) is 5.10 Å². The summed E-state index contributed by atoms with van der Waals surface area (Å²) in [6, 6.07) is 15.4. The smallest absolute Gasteiger partial charge is 0.250 e. The van der Waals surface area contributed by atoms with Crippen molar-refractivity contribution in [2.45, 2.75) is 31.3 Å². The van der Waals surface area contributed by atoms with E-state index in [1.54, 1.807) is 6.21 Å². The van der Waals surface area contributed by atoms with Crippen LogP contribution in [0.2, 0.25) is 0 Å². The minimum Gasteiger partial charge on any atom is -0.494 e. The second kappa shape index (κ2) is 10.5. The van der Waals surface area contributed by atoms with Crippen LogP contribution in [0.3, 0.4) is 0 Å². The van der Waals surface area contributed by atoms with Gasteiger partial charge in [0.05, 0.1) is 29.6 Å². The number of thioether (sulfide) groups is 1. The van der Waals surface area contributed by atoms with Crippen LogP contribution in [0.5, 0.6) is 5.75 Å². The molecule has 0 fully saturated rings. The maximum atomic E-state index is 12.0. The fourth-order valence-corrected chi connectivity index (χ4v) is 3.25. The number of aromatic nitrogens is 2. The number of hydrogen-bond donors (Lipinski definition) is 2. The Bertz CT molecular complexity index is 906. The third-order valence-electron chi connectivity index (χ3n) is 3.99. The number of fused-ring (bicyclic) bond motifs is 1. The summed E-state index contributed by atoms with van der Waals surface area (Å²) in [6.07, 6.45) is 5.00. The zero-order chi connectivity index (χ0) is 19.6. The van der Waals surface area contributed by atoms with Gasteiger partial charge >= 0.3 is 0 Å². The van der Waals surface area contributed by atoms with E-state index in [0.29, 0.717) is 11.8 Å². The molecule has 0 aliphatic rings. The number of nitrogens with one attached hydrogen (secondary N) is 2. The molecule has 0 saturated heterocycles. The second-order valence-electron chi connectivity index (χ2n) is 6.27. The Kier molecular flexibility index (Phi) is 7.49. The Balaban J connectivity index is 1.44. The topological polar surface area (TPSA) is 79.4 Å². The number of para-hydroxylation sites is 2. The molecule has 2 N–H and O–H groups in total. The first kappa shape index (κ1) is 19.9. The van der Waals surface area contributed by atoms with E-state index in [0.717, 1.165) is 28.8 Å². The molecule has 2 aromatic carbocycles. The lowest BCUT2D eigenvalue weighted by atomic mass is 10.2. The molecule has 0 unspecified atom stereocenters. The van der Waals surface area contributed by atoms with Crippen molar-refractivity contribution < 1.29 is 9.53 Å². The number of unbranched alkanes of at least 4 members (excludes halogenated alkanes) is 2.